The van der Waals surface area contributed by atoms with E-state index in [9.17, 15) is 4.79 Å². The molecule has 1 atom stereocenters. The molecule has 2 aromatic rings. The van der Waals surface area contributed by atoms with Crippen molar-refractivity contribution in [2.45, 2.75) is 17.9 Å². The Morgan fingerprint density at radius 2 is 2.05 bits per heavy atom. The molecule has 1 fully saturated rings. The zero-order valence-electron chi connectivity index (χ0n) is 11.4. The summed E-state index contributed by atoms with van der Waals surface area (Å²) in [7, 11) is 0. The van der Waals surface area contributed by atoms with Crippen molar-refractivity contribution in [3.05, 3.63) is 54.2 Å². The van der Waals surface area contributed by atoms with Gasteiger partial charge in [0.05, 0.1) is 0 Å². The Balaban J connectivity index is 1.78. The second kappa shape index (κ2) is 6.26. The number of hydrogen-bond donors (Lipinski definition) is 0. The van der Waals surface area contributed by atoms with E-state index in [-0.39, 0.29) is 10.7 Å². The van der Waals surface area contributed by atoms with E-state index in [1.165, 1.54) is 0 Å². The number of benzene rings is 1. The van der Waals surface area contributed by atoms with Gasteiger partial charge in [-0.25, -0.2) is 4.98 Å². The molecule has 1 aromatic carbocycles. The number of ether oxygens (including phenoxy) is 1. The van der Waals surface area contributed by atoms with Crippen molar-refractivity contribution in [3.63, 3.8) is 0 Å². The molecule has 1 aliphatic rings. The summed E-state index contributed by atoms with van der Waals surface area (Å²) >= 11 is 3.49. The predicted molar refractivity (Wildman–Crippen MR) is 84.7 cm³/mol. The van der Waals surface area contributed by atoms with Gasteiger partial charge < -0.3 is 4.74 Å². The van der Waals surface area contributed by atoms with Gasteiger partial charge in [-0.3, -0.25) is 9.69 Å². The number of aromatic nitrogens is 1. The number of anilines is 1. The maximum absolute atomic E-state index is 12.0. The summed E-state index contributed by atoms with van der Waals surface area (Å²) in [5.41, 5.74) is 1.08. The van der Waals surface area contributed by atoms with Crippen LogP contribution in [0.1, 0.15) is 12.0 Å². The molecule has 0 spiro atoms. The van der Waals surface area contributed by atoms with E-state index in [1.54, 1.807) is 11.1 Å². The fourth-order valence-corrected chi connectivity index (χ4v) is 2.87. The number of carbonyl (C=O) groups is 1. The monoisotopic (exact) mass is 346 g/mol. The zero-order chi connectivity index (χ0) is 14.7. The van der Waals surface area contributed by atoms with Crippen molar-refractivity contribution >= 4 is 27.7 Å². The molecule has 21 heavy (non-hydrogen) atoms. The van der Waals surface area contributed by atoms with Crippen LogP contribution >= 0.6 is 15.9 Å². The minimum atomic E-state index is 0.0696. The average molecular weight is 347 g/mol. The number of rotatable bonds is 4. The molecule has 1 saturated heterocycles. The van der Waals surface area contributed by atoms with Gasteiger partial charge >= 0.3 is 0 Å². The van der Waals surface area contributed by atoms with Gasteiger partial charge in [0.25, 0.3) is 0 Å². The van der Waals surface area contributed by atoms with E-state index in [2.05, 4.69) is 20.9 Å². The summed E-state index contributed by atoms with van der Waals surface area (Å²) < 4.78 is 5.85. The third-order valence-corrected chi connectivity index (χ3v) is 3.93. The lowest BCUT2D eigenvalue weighted by Crippen LogP contribution is -2.26. The van der Waals surface area contributed by atoms with Crippen molar-refractivity contribution in [2.75, 3.05) is 11.4 Å². The van der Waals surface area contributed by atoms with Crippen LogP contribution in [0.3, 0.4) is 0 Å². The summed E-state index contributed by atoms with van der Waals surface area (Å²) in [5, 5.41) is 0. The first kappa shape index (κ1) is 14.1. The molecule has 0 bridgehead atoms. The van der Waals surface area contributed by atoms with Crippen LogP contribution in [0.25, 0.3) is 0 Å². The molecule has 2 heterocycles. The van der Waals surface area contributed by atoms with Crippen molar-refractivity contribution in [2.24, 2.45) is 0 Å². The molecular formula is C16H15BrN2O2. The molecule has 3 rings (SSSR count). The maximum Gasteiger partial charge on any atom is 0.229 e. The molecule has 1 amide bonds. The van der Waals surface area contributed by atoms with Crippen LogP contribution in [-0.2, 0) is 11.4 Å². The number of pyridine rings is 1. The highest BCUT2D eigenvalue weighted by Gasteiger charge is 2.31. The first-order chi connectivity index (χ1) is 10.2. The minimum Gasteiger partial charge on any atom is -0.485 e. The molecular weight excluding hydrogens is 332 g/mol. The minimum absolute atomic E-state index is 0.0696. The molecule has 4 nitrogen and oxygen atoms in total. The Hall–Kier alpha value is -1.88. The van der Waals surface area contributed by atoms with Crippen LogP contribution in [0.4, 0.5) is 5.82 Å². The number of halogens is 1. The van der Waals surface area contributed by atoms with Crippen molar-refractivity contribution in [1.29, 1.82) is 0 Å². The highest BCUT2D eigenvalue weighted by Crippen LogP contribution is 2.31. The number of amides is 1. The van der Waals surface area contributed by atoms with Gasteiger partial charge in [-0.15, -0.1) is 0 Å². The molecule has 1 aliphatic heterocycles. The van der Waals surface area contributed by atoms with Gasteiger partial charge in [0.1, 0.15) is 6.61 Å². The molecule has 0 saturated carbocycles. The van der Waals surface area contributed by atoms with E-state index in [0.717, 1.165) is 5.56 Å². The highest BCUT2D eigenvalue weighted by atomic mass is 79.9. The van der Waals surface area contributed by atoms with Gasteiger partial charge in [-0.1, -0.05) is 46.3 Å². The summed E-state index contributed by atoms with van der Waals surface area (Å²) in [6.07, 6.45) is 2.17. The summed E-state index contributed by atoms with van der Waals surface area (Å²) in [5.74, 6) is 1.30. The van der Waals surface area contributed by atoms with Crippen LogP contribution in [-0.4, -0.2) is 22.3 Å². The fraction of sp³-hybridized carbons (Fsp3) is 0.250. The Morgan fingerprint density at radius 3 is 2.76 bits per heavy atom. The first-order valence-electron chi connectivity index (χ1n) is 6.80. The van der Waals surface area contributed by atoms with Crippen LogP contribution in [0.5, 0.6) is 5.75 Å². The van der Waals surface area contributed by atoms with Gasteiger partial charge in [-0.05, 0) is 17.7 Å². The molecule has 0 radical (unpaired) electrons. The fourth-order valence-electron chi connectivity index (χ4n) is 2.30. The number of alkyl halides is 1. The van der Waals surface area contributed by atoms with Gasteiger partial charge in [0, 0.05) is 24.0 Å². The van der Waals surface area contributed by atoms with Gasteiger partial charge in [0.2, 0.25) is 5.91 Å². The predicted octanol–water partition coefficient (Wildman–Crippen LogP) is 3.16. The molecule has 1 unspecified atom stereocenters. The molecule has 0 N–H and O–H groups in total. The smallest absolute Gasteiger partial charge is 0.229 e. The van der Waals surface area contributed by atoms with E-state index in [0.29, 0.717) is 31.1 Å². The number of carbonyl (C=O) groups excluding carboxylic acids is 1. The van der Waals surface area contributed by atoms with Crippen LogP contribution in [0.2, 0.25) is 0 Å². The van der Waals surface area contributed by atoms with Gasteiger partial charge in [-0.2, -0.15) is 0 Å². The van der Waals surface area contributed by atoms with Crippen LogP contribution in [0, 0.1) is 0 Å². The zero-order valence-corrected chi connectivity index (χ0v) is 13.0. The summed E-state index contributed by atoms with van der Waals surface area (Å²) in [6, 6.07) is 13.6. The quantitative estimate of drug-likeness (QED) is 0.798. The molecule has 0 aliphatic carbocycles. The van der Waals surface area contributed by atoms with Crippen LogP contribution < -0.4 is 9.64 Å². The number of hydrogen-bond acceptors (Lipinski definition) is 3. The van der Waals surface area contributed by atoms with Crippen molar-refractivity contribution in [1.82, 2.24) is 4.98 Å². The van der Waals surface area contributed by atoms with E-state index < -0.39 is 0 Å². The third-order valence-electron chi connectivity index (χ3n) is 3.32. The van der Waals surface area contributed by atoms with Crippen LogP contribution in [0.15, 0.2) is 48.7 Å². The van der Waals surface area contributed by atoms with E-state index in [4.69, 9.17) is 4.74 Å². The van der Waals surface area contributed by atoms with Crippen molar-refractivity contribution < 1.29 is 9.53 Å². The second-order valence-electron chi connectivity index (χ2n) is 4.91. The van der Waals surface area contributed by atoms with Gasteiger partial charge in [0.15, 0.2) is 11.6 Å². The van der Waals surface area contributed by atoms with E-state index in [1.807, 2.05) is 42.5 Å². The third kappa shape index (κ3) is 3.24. The molecule has 5 heteroatoms. The largest absolute Gasteiger partial charge is 0.485 e. The Kier molecular flexibility index (Phi) is 4.20. The maximum atomic E-state index is 12.0. The second-order valence-corrected chi connectivity index (χ2v) is 6.20. The van der Waals surface area contributed by atoms with Crippen molar-refractivity contribution in [3.8, 4) is 5.75 Å². The SMILES string of the molecule is O=C1CC(Br)CN1c1ncccc1OCc1ccccc1. The molecule has 108 valence electrons. The summed E-state index contributed by atoms with van der Waals surface area (Å²) in [4.78, 5) is 18.2. The standard InChI is InChI=1S/C16H15BrN2O2/c17-13-9-15(20)19(10-13)16-14(7-4-8-18-16)21-11-12-5-2-1-3-6-12/h1-8,13H,9-11H2. The summed E-state index contributed by atoms with van der Waals surface area (Å²) in [6.45, 7) is 1.08. The lowest BCUT2D eigenvalue weighted by Gasteiger charge is -2.18. The Morgan fingerprint density at radius 1 is 1.24 bits per heavy atom. The Bertz CT molecular complexity index is 633. The first-order valence-corrected chi connectivity index (χ1v) is 7.72. The van der Waals surface area contributed by atoms with E-state index >= 15 is 0 Å². The average Bonchev–Trinajstić information content (AvgIpc) is 2.85. The molecule has 1 aromatic heterocycles. The normalized spacial score (nSPS) is 18.0. The number of nitrogens with zero attached hydrogens (tertiary/aromatic N) is 2. The Labute approximate surface area is 131 Å². The topological polar surface area (TPSA) is 42.4 Å². The highest BCUT2D eigenvalue weighted by molar-refractivity contribution is 9.09. The lowest BCUT2D eigenvalue weighted by molar-refractivity contribution is -0.117. The lowest BCUT2D eigenvalue weighted by atomic mass is 10.2.